The molecule has 2 nitrogen and oxygen atoms in total. The van der Waals surface area contributed by atoms with Gasteiger partial charge in [0.1, 0.15) is 0 Å². The molecule has 1 saturated heterocycles. The minimum absolute atomic E-state index is 0.495. The van der Waals surface area contributed by atoms with E-state index in [9.17, 15) is 0 Å². The topological polar surface area (TPSA) is 15.3 Å². The average molecular weight is 226 g/mol. The van der Waals surface area contributed by atoms with Crippen molar-refractivity contribution in [2.45, 2.75) is 59.4 Å². The molecule has 1 fully saturated rings. The molecule has 96 valence electrons. The van der Waals surface area contributed by atoms with Crippen LogP contribution in [0.3, 0.4) is 0 Å². The third-order valence-electron chi connectivity index (χ3n) is 4.48. The van der Waals surface area contributed by atoms with Gasteiger partial charge in [-0.25, -0.2) is 0 Å². The second-order valence-electron chi connectivity index (χ2n) is 5.45. The van der Waals surface area contributed by atoms with Crippen molar-refractivity contribution in [1.82, 2.24) is 10.2 Å². The number of nitrogens with zero attached hydrogens (tertiary/aromatic N) is 1. The monoisotopic (exact) mass is 226 g/mol. The highest BCUT2D eigenvalue weighted by atomic mass is 15.2. The molecule has 1 rings (SSSR count). The van der Waals surface area contributed by atoms with Gasteiger partial charge in [-0.15, -0.1) is 0 Å². The molecule has 1 aliphatic heterocycles. The maximum absolute atomic E-state index is 3.55. The quantitative estimate of drug-likeness (QED) is 0.718. The molecule has 0 aromatic carbocycles. The highest BCUT2D eigenvalue weighted by Crippen LogP contribution is 2.30. The Morgan fingerprint density at radius 3 is 2.38 bits per heavy atom. The molecule has 0 aromatic heterocycles. The van der Waals surface area contributed by atoms with Gasteiger partial charge in [0.05, 0.1) is 0 Å². The second kappa shape index (κ2) is 6.61. The fourth-order valence-electron chi connectivity index (χ4n) is 2.83. The summed E-state index contributed by atoms with van der Waals surface area (Å²) in [5, 5.41) is 3.55. The van der Waals surface area contributed by atoms with Gasteiger partial charge in [0, 0.05) is 19.1 Å². The molecule has 0 aromatic rings. The molecule has 1 aliphatic rings. The molecule has 0 spiro atoms. The van der Waals surface area contributed by atoms with Crippen LogP contribution in [0.1, 0.15) is 53.4 Å². The Morgan fingerprint density at radius 1 is 1.25 bits per heavy atom. The summed E-state index contributed by atoms with van der Waals surface area (Å²) in [6.45, 7) is 14.2. The number of hydrogen-bond donors (Lipinski definition) is 1. The van der Waals surface area contributed by atoms with Crippen molar-refractivity contribution in [2.24, 2.45) is 5.41 Å². The molecular weight excluding hydrogens is 196 g/mol. The smallest absolute Gasteiger partial charge is 0.00676 e. The van der Waals surface area contributed by atoms with E-state index in [1.54, 1.807) is 0 Å². The Balaban J connectivity index is 2.54. The van der Waals surface area contributed by atoms with Crippen molar-refractivity contribution in [3.05, 3.63) is 0 Å². The largest absolute Gasteiger partial charge is 0.316 e. The Bertz CT molecular complexity index is 187. The SMILES string of the molecule is CCNCC(CC)(CC)CN1CCCC1C. The first-order valence-electron chi connectivity index (χ1n) is 7.12. The minimum atomic E-state index is 0.495. The van der Waals surface area contributed by atoms with Gasteiger partial charge in [0.25, 0.3) is 0 Å². The average Bonchev–Trinajstić information content (AvgIpc) is 2.70. The minimum Gasteiger partial charge on any atom is -0.316 e. The molecule has 0 bridgehead atoms. The molecular formula is C14H30N2. The summed E-state index contributed by atoms with van der Waals surface area (Å²) < 4.78 is 0. The predicted molar refractivity (Wildman–Crippen MR) is 71.8 cm³/mol. The van der Waals surface area contributed by atoms with Gasteiger partial charge in [0.15, 0.2) is 0 Å². The third kappa shape index (κ3) is 3.46. The normalized spacial score (nSPS) is 22.9. The van der Waals surface area contributed by atoms with Crippen molar-refractivity contribution in [1.29, 1.82) is 0 Å². The van der Waals surface area contributed by atoms with Crippen LogP contribution < -0.4 is 5.32 Å². The molecule has 0 radical (unpaired) electrons. The summed E-state index contributed by atoms with van der Waals surface area (Å²) in [6.07, 6.45) is 5.37. The van der Waals surface area contributed by atoms with Crippen LogP contribution in [0.15, 0.2) is 0 Å². The lowest BCUT2D eigenvalue weighted by Gasteiger charge is -2.37. The number of hydrogen-bond acceptors (Lipinski definition) is 2. The first-order chi connectivity index (χ1) is 7.67. The molecule has 0 saturated carbocycles. The predicted octanol–water partition coefficient (Wildman–Crippen LogP) is 2.89. The lowest BCUT2D eigenvalue weighted by Crippen LogP contribution is -2.44. The molecule has 1 N–H and O–H groups in total. The summed E-state index contributed by atoms with van der Waals surface area (Å²) in [5.41, 5.74) is 0.495. The lowest BCUT2D eigenvalue weighted by molar-refractivity contribution is 0.130. The Kier molecular flexibility index (Phi) is 5.77. The van der Waals surface area contributed by atoms with Crippen LogP contribution in [0.4, 0.5) is 0 Å². The molecule has 0 aliphatic carbocycles. The van der Waals surface area contributed by atoms with Gasteiger partial charge in [-0.05, 0) is 51.1 Å². The van der Waals surface area contributed by atoms with Gasteiger partial charge in [-0.1, -0.05) is 20.8 Å². The highest BCUT2D eigenvalue weighted by Gasteiger charge is 2.31. The van der Waals surface area contributed by atoms with Crippen molar-refractivity contribution < 1.29 is 0 Å². The van der Waals surface area contributed by atoms with Crippen LogP contribution in [0.5, 0.6) is 0 Å². The Hall–Kier alpha value is -0.0800. The van der Waals surface area contributed by atoms with E-state index in [0.717, 1.165) is 12.6 Å². The summed E-state index contributed by atoms with van der Waals surface area (Å²) in [5.74, 6) is 0. The van der Waals surface area contributed by atoms with Gasteiger partial charge in [-0.2, -0.15) is 0 Å². The van der Waals surface area contributed by atoms with Crippen LogP contribution in [-0.4, -0.2) is 37.1 Å². The molecule has 0 amide bonds. The van der Waals surface area contributed by atoms with Gasteiger partial charge in [-0.3, -0.25) is 0 Å². The summed E-state index contributed by atoms with van der Waals surface area (Å²) in [7, 11) is 0. The zero-order valence-electron chi connectivity index (χ0n) is 11.7. The molecule has 16 heavy (non-hydrogen) atoms. The van der Waals surface area contributed by atoms with E-state index in [1.165, 1.54) is 45.3 Å². The summed E-state index contributed by atoms with van der Waals surface area (Å²) >= 11 is 0. The number of likely N-dealkylation sites (tertiary alicyclic amines) is 1. The maximum Gasteiger partial charge on any atom is 0.00676 e. The van der Waals surface area contributed by atoms with E-state index < -0.39 is 0 Å². The van der Waals surface area contributed by atoms with Gasteiger partial charge in [0.2, 0.25) is 0 Å². The van der Waals surface area contributed by atoms with E-state index in [0.29, 0.717) is 5.41 Å². The van der Waals surface area contributed by atoms with Crippen LogP contribution in [0.25, 0.3) is 0 Å². The van der Waals surface area contributed by atoms with E-state index in [-0.39, 0.29) is 0 Å². The third-order valence-corrected chi connectivity index (χ3v) is 4.48. The summed E-state index contributed by atoms with van der Waals surface area (Å²) in [6, 6.07) is 0.805. The van der Waals surface area contributed by atoms with Gasteiger partial charge < -0.3 is 10.2 Å². The fourth-order valence-corrected chi connectivity index (χ4v) is 2.83. The van der Waals surface area contributed by atoms with Crippen molar-refractivity contribution >= 4 is 0 Å². The van der Waals surface area contributed by atoms with E-state index in [1.807, 2.05) is 0 Å². The molecule has 2 heteroatoms. The van der Waals surface area contributed by atoms with Crippen molar-refractivity contribution in [2.75, 3.05) is 26.2 Å². The molecule has 1 heterocycles. The van der Waals surface area contributed by atoms with Crippen LogP contribution in [0, 0.1) is 5.41 Å². The highest BCUT2D eigenvalue weighted by molar-refractivity contribution is 4.86. The zero-order valence-corrected chi connectivity index (χ0v) is 11.7. The van der Waals surface area contributed by atoms with Crippen LogP contribution >= 0.6 is 0 Å². The fraction of sp³-hybridized carbons (Fsp3) is 1.00. The maximum atomic E-state index is 3.55. The van der Waals surface area contributed by atoms with E-state index in [2.05, 4.69) is 37.9 Å². The lowest BCUT2D eigenvalue weighted by atomic mass is 9.81. The zero-order chi connectivity index (χ0) is 12.0. The summed E-state index contributed by atoms with van der Waals surface area (Å²) in [4.78, 5) is 2.70. The molecule has 1 atom stereocenters. The second-order valence-corrected chi connectivity index (χ2v) is 5.45. The first kappa shape index (κ1) is 14.0. The van der Waals surface area contributed by atoms with E-state index in [4.69, 9.17) is 0 Å². The molecule has 1 unspecified atom stereocenters. The van der Waals surface area contributed by atoms with Crippen molar-refractivity contribution in [3.63, 3.8) is 0 Å². The first-order valence-corrected chi connectivity index (χ1v) is 7.12. The van der Waals surface area contributed by atoms with Gasteiger partial charge >= 0.3 is 0 Å². The van der Waals surface area contributed by atoms with Crippen LogP contribution in [0.2, 0.25) is 0 Å². The van der Waals surface area contributed by atoms with Crippen LogP contribution in [-0.2, 0) is 0 Å². The van der Waals surface area contributed by atoms with Crippen molar-refractivity contribution in [3.8, 4) is 0 Å². The Morgan fingerprint density at radius 2 is 1.94 bits per heavy atom. The number of rotatable bonds is 7. The standard InChI is InChI=1S/C14H30N2/c1-5-14(6-2,11-15-7-3)12-16-10-8-9-13(16)4/h13,15H,5-12H2,1-4H3. The Labute approximate surface area is 102 Å². The number of nitrogens with one attached hydrogen (secondary N) is 1. The van der Waals surface area contributed by atoms with E-state index >= 15 is 0 Å².